The molecule has 1 saturated carbocycles. The van der Waals surface area contributed by atoms with E-state index in [4.69, 9.17) is 4.42 Å². The fourth-order valence-corrected chi connectivity index (χ4v) is 6.17. The Kier molecular flexibility index (Phi) is 6.78. The van der Waals surface area contributed by atoms with Crippen molar-refractivity contribution < 1.29 is 18.4 Å². The molecule has 2 saturated heterocycles. The maximum absolute atomic E-state index is 14.0. The zero-order valence-electron chi connectivity index (χ0n) is 20.3. The third kappa shape index (κ3) is 4.92. The van der Waals surface area contributed by atoms with Gasteiger partial charge in [-0.05, 0) is 87.5 Å². The number of rotatable bonds is 7. The number of carbonyl (C=O) groups is 2. The molecule has 2 aromatic rings. The molecule has 2 aliphatic heterocycles. The predicted molar refractivity (Wildman–Crippen MR) is 132 cm³/mol. The fourth-order valence-electron chi connectivity index (χ4n) is 6.17. The molecule has 5 rings (SSSR count). The molecule has 0 spiro atoms. The van der Waals surface area contributed by atoms with Gasteiger partial charge in [0.05, 0.1) is 6.26 Å². The number of likely N-dealkylation sites (tertiary alicyclic amines) is 1. The largest absolute Gasteiger partial charge is 0.465 e. The van der Waals surface area contributed by atoms with Crippen LogP contribution in [0.1, 0.15) is 56.8 Å². The average molecular weight is 480 g/mol. The zero-order valence-corrected chi connectivity index (χ0v) is 20.3. The third-order valence-electron chi connectivity index (χ3n) is 7.92. The maximum Gasteiger partial charge on any atom is 0.325 e. The minimum absolute atomic E-state index is 0.00734. The summed E-state index contributed by atoms with van der Waals surface area (Å²) < 4.78 is 19.0. The molecule has 0 unspecified atom stereocenters. The smallest absolute Gasteiger partial charge is 0.325 e. The minimum Gasteiger partial charge on any atom is -0.465 e. The Morgan fingerprint density at radius 1 is 1.11 bits per heavy atom. The van der Waals surface area contributed by atoms with E-state index in [-0.39, 0.29) is 29.7 Å². The highest BCUT2D eigenvalue weighted by atomic mass is 19.1. The SMILES string of the molecule is C/C(=C\c1ccco1)CN1CCC([C@]2(Cc3ccc(F)cc3)NC(=O)N(C3CCCC3)C2=O)CC1. The molecule has 0 radical (unpaired) electrons. The van der Waals surface area contributed by atoms with Crippen molar-refractivity contribution in [1.82, 2.24) is 15.1 Å². The Morgan fingerprint density at radius 3 is 2.49 bits per heavy atom. The first-order valence-corrected chi connectivity index (χ1v) is 12.8. The van der Waals surface area contributed by atoms with Gasteiger partial charge in [0, 0.05) is 19.0 Å². The Morgan fingerprint density at radius 2 is 1.83 bits per heavy atom. The summed E-state index contributed by atoms with van der Waals surface area (Å²) in [6, 6.07) is 9.87. The number of benzene rings is 1. The van der Waals surface area contributed by atoms with E-state index in [1.807, 2.05) is 12.1 Å². The number of piperidine rings is 1. The number of halogens is 1. The van der Waals surface area contributed by atoms with Gasteiger partial charge in [0.25, 0.3) is 5.91 Å². The summed E-state index contributed by atoms with van der Waals surface area (Å²) in [4.78, 5) is 31.0. The van der Waals surface area contributed by atoms with Gasteiger partial charge in [-0.3, -0.25) is 14.6 Å². The van der Waals surface area contributed by atoms with Crippen molar-refractivity contribution in [2.75, 3.05) is 19.6 Å². The average Bonchev–Trinajstić information content (AvgIpc) is 3.59. The highest BCUT2D eigenvalue weighted by Crippen LogP contribution is 2.39. The van der Waals surface area contributed by atoms with Crippen molar-refractivity contribution in [3.63, 3.8) is 0 Å². The summed E-state index contributed by atoms with van der Waals surface area (Å²) in [6.45, 7) is 4.65. The molecular formula is C28H34FN3O3. The van der Waals surface area contributed by atoms with Gasteiger partial charge in [0.1, 0.15) is 17.1 Å². The van der Waals surface area contributed by atoms with Crippen molar-refractivity contribution >= 4 is 18.0 Å². The Balaban J connectivity index is 1.33. The van der Waals surface area contributed by atoms with E-state index in [0.717, 1.165) is 69.5 Å². The van der Waals surface area contributed by atoms with E-state index in [0.29, 0.717) is 6.42 Å². The number of hydrogen-bond donors (Lipinski definition) is 1. The maximum atomic E-state index is 14.0. The number of amides is 3. The van der Waals surface area contributed by atoms with Gasteiger partial charge in [-0.25, -0.2) is 9.18 Å². The molecule has 1 N–H and O–H groups in total. The van der Waals surface area contributed by atoms with Crippen molar-refractivity contribution in [3.8, 4) is 0 Å². The van der Waals surface area contributed by atoms with Gasteiger partial charge in [0.2, 0.25) is 0 Å². The van der Waals surface area contributed by atoms with Crippen LogP contribution in [0.3, 0.4) is 0 Å². The lowest BCUT2D eigenvalue weighted by Crippen LogP contribution is -2.58. The van der Waals surface area contributed by atoms with Crippen LogP contribution >= 0.6 is 0 Å². The van der Waals surface area contributed by atoms with Crippen LogP contribution < -0.4 is 5.32 Å². The van der Waals surface area contributed by atoms with Gasteiger partial charge in [-0.15, -0.1) is 0 Å². The Labute approximate surface area is 206 Å². The number of urea groups is 1. The molecule has 1 aromatic heterocycles. The third-order valence-corrected chi connectivity index (χ3v) is 7.92. The van der Waals surface area contributed by atoms with Gasteiger partial charge in [-0.2, -0.15) is 0 Å². The second-order valence-corrected chi connectivity index (χ2v) is 10.4. The van der Waals surface area contributed by atoms with E-state index in [1.54, 1.807) is 18.4 Å². The van der Waals surface area contributed by atoms with Crippen LogP contribution in [-0.2, 0) is 11.2 Å². The molecule has 3 amide bonds. The number of imide groups is 1. The van der Waals surface area contributed by atoms with Crippen LogP contribution in [-0.4, -0.2) is 53.0 Å². The lowest BCUT2D eigenvalue weighted by atomic mass is 9.73. The van der Waals surface area contributed by atoms with E-state index in [1.165, 1.54) is 22.6 Å². The molecule has 3 heterocycles. The van der Waals surface area contributed by atoms with Crippen LogP contribution in [0.5, 0.6) is 0 Å². The van der Waals surface area contributed by atoms with Crippen LogP contribution in [0.2, 0.25) is 0 Å². The Hall–Kier alpha value is -2.93. The molecule has 186 valence electrons. The predicted octanol–water partition coefficient (Wildman–Crippen LogP) is 5.01. The second-order valence-electron chi connectivity index (χ2n) is 10.4. The standard InChI is InChI=1S/C28H34FN3O3/c1-20(17-25-7-4-16-35-25)19-31-14-12-22(13-15-31)28(18-21-8-10-23(29)11-9-21)26(33)32(27(34)30-28)24-5-2-3-6-24/h4,7-11,16-17,22,24H,2-3,5-6,12-15,18-19H2,1H3,(H,30,34)/b20-17+/t28-/m0/s1. The Bertz CT molecular complexity index is 1070. The number of carbonyl (C=O) groups excluding carboxylic acids is 2. The van der Waals surface area contributed by atoms with Crippen molar-refractivity contribution in [1.29, 1.82) is 0 Å². The van der Waals surface area contributed by atoms with Gasteiger partial charge >= 0.3 is 6.03 Å². The summed E-state index contributed by atoms with van der Waals surface area (Å²) >= 11 is 0. The first-order chi connectivity index (χ1) is 16.9. The lowest BCUT2D eigenvalue weighted by Gasteiger charge is -2.41. The monoisotopic (exact) mass is 479 g/mol. The molecule has 1 atom stereocenters. The molecule has 3 fully saturated rings. The van der Waals surface area contributed by atoms with Crippen molar-refractivity contribution in [3.05, 3.63) is 65.4 Å². The quantitative estimate of drug-likeness (QED) is 0.567. The van der Waals surface area contributed by atoms with Crippen molar-refractivity contribution in [2.24, 2.45) is 5.92 Å². The molecule has 3 aliphatic rings. The number of furan rings is 1. The van der Waals surface area contributed by atoms with Crippen LogP contribution in [0.15, 0.2) is 52.7 Å². The number of nitrogens with zero attached hydrogens (tertiary/aromatic N) is 2. The molecule has 1 aliphatic carbocycles. The van der Waals surface area contributed by atoms with Gasteiger partial charge in [0.15, 0.2) is 0 Å². The molecular weight excluding hydrogens is 445 g/mol. The molecule has 7 heteroatoms. The summed E-state index contributed by atoms with van der Waals surface area (Å²) in [5, 5.41) is 3.16. The topological polar surface area (TPSA) is 65.8 Å². The highest BCUT2D eigenvalue weighted by molar-refractivity contribution is 6.07. The normalized spacial score (nSPS) is 25.0. The fraction of sp³-hybridized carbons (Fsp3) is 0.500. The zero-order chi connectivity index (χ0) is 24.4. The minimum atomic E-state index is -0.970. The molecule has 1 aromatic carbocycles. The first kappa shape index (κ1) is 23.8. The van der Waals surface area contributed by atoms with Gasteiger partial charge in [-0.1, -0.05) is 30.5 Å². The van der Waals surface area contributed by atoms with Crippen LogP contribution in [0.4, 0.5) is 9.18 Å². The second kappa shape index (κ2) is 9.97. The molecule has 6 nitrogen and oxygen atoms in total. The summed E-state index contributed by atoms with van der Waals surface area (Å²) in [7, 11) is 0. The van der Waals surface area contributed by atoms with E-state index in [9.17, 15) is 14.0 Å². The van der Waals surface area contributed by atoms with Crippen LogP contribution in [0.25, 0.3) is 6.08 Å². The summed E-state index contributed by atoms with van der Waals surface area (Å²) in [6.07, 6.45) is 9.63. The van der Waals surface area contributed by atoms with E-state index in [2.05, 4.69) is 23.2 Å². The molecule has 35 heavy (non-hydrogen) atoms. The van der Waals surface area contributed by atoms with Crippen LogP contribution in [0, 0.1) is 11.7 Å². The number of hydrogen-bond acceptors (Lipinski definition) is 4. The summed E-state index contributed by atoms with van der Waals surface area (Å²) in [5.41, 5.74) is 1.12. The first-order valence-electron chi connectivity index (χ1n) is 12.8. The number of nitrogens with one attached hydrogen (secondary N) is 1. The van der Waals surface area contributed by atoms with Gasteiger partial charge < -0.3 is 9.73 Å². The molecule has 0 bridgehead atoms. The lowest BCUT2D eigenvalue weighted by molar-refractivity contribution is -0.135. The highest BCUT2D eigenvalue weighted by Gasteiger charge is 2.57. The summed E-state index contributed by atoms with van der Waals surface area (Å²) in [5.74, 6) is 0.484. The van der Waals surface area contributed by atoms with Crippen molar-refractivity contribution in [2.45, 2.75) is 63.5 Å². The van der Waals surface area contributed by atoms with E-state index >= 15 is 0 Å². The van der Waals surface area contributed by atoms with E-state index < -0.39 is 5.54 Å².